The maximum Gasteiger partial charge on any atom is 0.224 e. The molecule has 1 amide bonds. The summed E-state index contributed by atoms with van der Waals surface area (Å²) in [6, 6.07) is 15.1. The summed E-state index contributed by atoms with van der Waals surface area (Å²) < 4.78 is 11.9. The van der Waals surface area contributed by atoms with E-state index in [0.29, 0.717) is 24.5 Å². The molecular formula is C18H20BrNO3. The molecule has 1 N–H and O–H groups in total. The third kappa shape index (κ3) is 5.60. The predicted octanol–water partition coefficient (Wildman–Crippen LogP) is 3.58. The minimum Gasteiger partial charge on any atom is -0.493 e. The van der Waals surface area contributed by atoms with E-state index in [1.54, 1.807) is 7.11 Å². The lowest BCUT2D eigenvalue weighted by Gasteiger charge is -2.16. The highest BCUT2D eigenvalue weighted by Gasteiger charge is 2.10. The van der Waals surface area contributed by atoms with Crippen LogP contribution in [0.2, 0.25) is 0 Å². The van der Waals surface area contributed by atoms with Crippen LogP contribution in [-0.4, -0.2) is 25.7 Å². The summed E-state index contributed by atoms with van der Waals surface area (Å²) in [5, 5.41) is 2.94. The molecule has 0 radical (unpaired) electrons. The van der Waals surface area contributed by atoms with Gasteiger partial charge in [0, 0.05) is 4.47 Å². The Kier molecular flexibility index (Phi) is 6.47. The van der Waals surface area contributed by atoms with Crippen LogP contribution >= 0.6 is 15.9 Å². The largest absolute Gasteiger partial charge is 0.493 e. The number of hydrogen-bond donors (Lipinski definition) is 1. The van der Waals surface area contributed by atoms with Gasteiger partial charge in [0.2, 0.25) is 5.91 Å². The molecule has 1 atom stereocenters. The number of ether oxygens (including phenoxy) is 2. The SMILES string of the molecule is COc1ccccc1OC[C@@H](C)NC(=O)Cc1cccc(Br)c1. The van der Waals surface area contributed by atoms with E-state index in [2.05, 4.69) is 21.2 Å². The normalized spacial score (nSPS) is 11.6. The van der Waals surface area contributed by atoms with E-state index in [1.165, 1.54) is 0 Å². The van der Waals surface area contributed by atoms with Gasteiger partial charge >= 0.3 is 0 Å². The van der Waals surface area contributed by atoms with E-state index in [-0.39, 0.29) is 11.9 Å². The van der Waals surface area contributed by atoms with Crippen molar-refractivity contribution in [3.05, 3.63) is 58.6 Å². The van der Waals surface area contributed by atoms with Gasteiger partial charge in [0.1, 0.15) is 6.61 Å². The topological polar surface area (TPSA) is 47.6 Å². The highest BCUT2D eigenvalue weighted by Crippen LogP contribution is 2.25. The first kappa shape index (κ1) is 17.3. The van der Waals surface area contributed by atoms with Crippen molar-refractivity contribution >= 4 is 21.8 Å². The molecule has 0 aliphatic heterocycles. The molecule has 0 fully saturated rings. The molecule has 0 heterocycles. The highest BCUT2D eigenvalue weighted by molar-refractivity contribution is 9.10. The second kappa shape index (κ2) is 8.58. The lowest BCUT2D eigenvalue weighted by atomic mass is 10.1. The number of rotatable bonds is 7. The number of halogens is 1. The molecule has 0 spiro atoms. The summed E-state index contributed by atoms with van der Waals surface area (Å²) >= 11 is 3.40. The Labute approximate surface area is 144 Å². The molecule has 4 nitrogen and oxygen atoms in total. The smallest absolute Gasteiger partial charge is 0.224 e. The van der Waals surface area contributed by atoms with Gasteiger partial charge in [-0.05, 0) is 36.8 Å². The number of methoxy groups -OCH3 is 1. The number of para-hydroxylation sites is 2. The van der Waals surface area contributed by atoms with Gasteiger partial charge in [-0.15, -0.1) is 0 Å². The predicted molar refractivity (Wildman–Crippen MR) is 93.9 cm³/mol. The van der Waals surface area contributed by atoms with Crippen molar-refractivity contribution in [3.63, 3.8) is 0 Å². The zero-order valence-corrected chi connectivity index (χ0v) is 14.8. The highest BCUT2D eigenvalue weighted by atomic mass is 79.9. The number of benzene rings is 2. The second-order valence-corrected chi connectivity index (χ2v) is 6.15. The standard InChI is InChI=1S/C18H20BrNO3/c1-13(12-23-17-9-4-3-8-16(17)22-2)20-18(21)11-14-6-5-7-15(19)10-14/h3-10,13H,11-12H2,1-2H3,(H,20,21)/t13-/m1/s1. The molecule has 2 rings (SSSR count). The summed E-state index contributed by atoms with van der Waals surface area (Å²) in [6.07, 6.45) is 0.346. The van der Waals surface area contributed by atoms with Crippen LogP contribution in [0.4, 0.5) is 0 Å². The van der Waals surface area contributed by atoms with Crippen LogP contribution in [0.5, 0.6) is 11.5 Å². The molecule has 122 valence electrons. The van der Waals surface area contributed by atoms with Gasteiger partial charge in [0.25, 0.3) is 0 Å². The quantitative estimate of drug-likeness (QED) is 0.801. The van der Waals surface area contributed by atoms with E-state index in [1.807, 2.05) is 55.5 Å². The fourth-order valence-electron chi connectivity index (χ4n) is 2.15. The molecular weight excluding hydrogens is 358 g/mol. The van der Waals surface area contributed by atoms with Crippen LogP contribution in [0.25, 0.3) is 0 Å². The average Bonchev–Trinajstić information content (AvgIpc) is 2.53. The van der Waals surface area contributed by atoms with E-state index >= 15 is 0 Å². The summed E-state index contributed by atoms with van der Waals surface area (Å²) in [4.78, 5) is 12.1. The first-order chi connectivity index (χ1) is 11.1. The maximum absolute atomic E-state index is 12.1. The monoisotopic (exact) mass is 377 g/mol. The van der Waals surface area contributed by atoms with Gasteiger partial charge in [-0.3, -0.25) is 4.79 Å². The molecule has 0 aromatic heterocycles. The molecule has 2 aromatic carbocycles. The van der Waals surface area contributed by atoms with Crippen molar-refractivity contribution in [1.29, 1.82) is 0 Å². The van der Waals surface area contributed by atoms with Crippen LogP contribution < -0.4 is 14.8 Å². The number of nitrogens with one attached hydrogen (secondary N) is 1. The van der Waals surface area contributed by atoms with Crippen LogP contribution in [0.1, 0.15) is 12.5 Å². The molecule has 0 saturated heterocycles. The van der Waals surface area contributed by atoms with E-state index in [0.717, 1.165) is 10.0 Å². The number of carbonyl (C=O) groups is 1. The lowest BCUT2D eigenvalue weighted by Crippen LogP contribution is -2.37. The molecule has 0 aliphatic rings. The molecule has 0 aliphatic carbocycles. The van der Waals surface area contributed by atoms with Gasteiger partial charge in [0.15, 0.2) is 11.5 Å². The van der Waals surface area contributed by atoms with Crippen molar-refractivity contribution < 1.29 is 14.3 Å². The van der Waals surface area contributed by atoms with Crippen molar-refractivity contribution in [2.24, 2.45) is 0 Å². The van der Waals surface area contributed by atoms with E-state index in [4.69, 9.17) is 9.47 Å². The minimum atomic E-state index is -0.0976. The van der Waals surface area contributed by atoms with E-state index < -0.39 is 0 Å². The zero-order valence-electron chi connectivity index (χ0n) is 13.2. The minimum absolute atomic E-state index is 0.0285. The molecule has 23 heavy (non-hydrogen) atoms. The van der Waals surface area contributed by atoms with Crippen molar-refractivity contribution in [2.75, 3.05) is 13.7 Å². The second-order valence-electron chi connectivity index (χ2n) is 5.24. The van der Waals surface area contributed by atoms with Crippen molar-refractivity contribution in [2.45, 2.75) is 19.4 Å². The van der Waals surface area contributed by atoms with Crippen LogP contribution in [0, 0.1) is 0 Å². The Balaban J connectivity index is 1.82. The van der Waals surface area contributed by atoms with Crippen LogP contribution in [0.3, 0.4) is 0 Å². The van der Waals surface area contributed by atoms with Crippen LogP contribution in [-0.2, 0) is 11.2 Å². The lowest BCUT2D eigenvalue weighted by molar-refractivity contribution is -0.121. The fourth-order valence-corrected chi connectivity index (χ4v) is 2.60. The van der Waals surface area contributed by atoms with Crippen LogP contribution in [0.15, 0.2) is 53.0 Å². The summed E-state index contributed by atoms with van der Waals surface area (Å²) in [7, 11) is 1.60. The Morgan fingerprint density at radius 1 is 1.17 bits per heavy atom. The number of amides is 1. The van der Waals surface area contributed by atoms with Crippen molar-refractivity contribution in [1.82, 2.24) is 5.32 Å². The van der Waals surface area contributed by atoms with Gasteiger partial charge in [-0.25, -0.2) is 0 Å². The summed E-state index contributed by atoms with van der Waals surface area (Å²) in [5.41, 5.74) is 0.967. The zero-order chi connectivity index (χ0) is 16.7. The molecule has 2 aromatic rings. The third-order valence-corrected chi connectivity index (χ3v) is 3.71. The Hall–Kier alpha value is -2.01. The van der Waals surface area contributed by atoms with Gasteiger partial charge < -0.3 is 14.8 Å². The summed E-state index contributed by atoms with van der Waals surface area (Å²) in [5.74, 6) is 1.32. The number of carbonyl (C=O) groups excluding carboxylic acids is 1. The Bertz CT molecular complexity index is 660. The number of hydrogen-bond acceptors (Lipinski definition) is 3. The maximum atomic E-state index is 12.1. The van der Waals surface area contributed by atoms with Gasteiger partial charge in [-0.1, -0.05) is 40.2 Å². The Morgan fingerprint density at radius 3 is 2.61 bits per heavy atom. The summed E-state index contributed by atoms with van der Waals surface area (Å²) in [6.45, 7) is 2.29. The van der Waals surface area contributed by atoms with E-state index in [9.17, 15) is 4.79 Å². The van der Waals surface area contributed by atoms with Gasteiger partial charge in [-0.2, -0.15) is 0 Å². The Morgan fingerprint density at radius 2 is 1.91 bits per heavy atom. The average molecular weight is 378 g/mol. The first-order valence-corrected chi connectivity index (χ1v) is 8.17. The molecule has 0 unspecified atom stereocenters. The molecule has 0 bridgehead atoms. The third-order valence-electron chi connectivity index (χ3n) is 3.22. The fraction of sp³-hybridized carbons (Fsp3) is 0.278. The molecule has 5 heteroatoms. The first-order valence-electron chi connectivity index (χ1n) is 7.38. The van der Waals surface area contributed by atoms with Gasteiger partial charge in [0.05, 0.1) is 19.6 Å². The molecule has 0 saturated carbocycles. The van der Waals surface area contributed by atoms with Crippen molar-refractivity contribution in [3.8, 4) is 11.5 Å².